The highest BCUT2D eigenvalue weighted by Crippen LogP contribution is 2.14. The number of benzene rings is 1. The molecule has 0 radical (unpaired) electrons. The highest BCUT2D eigenvalue weighted by Gasteiger charge is 2.09. The third-order valence-electron chi connectivity index (χ3n) is 2.60. The van der Waals surface area contributed by atoms with Crippen molar-refractivity contribution in [3.8, 4) is 5.75 Å². The third-order valence-corrected chi connectivity index (χ3v) is 2.60. The standard InChI is InChI=1S/C16H27N3O2.HI/c1-16(2,3)19-15(17)18-12-13-7-5-8-14(11-13)21-10-6-9-20-4;/h5,7-8,11H,6,9-10,12H2,1-4H3,(H3,17,18,19);1H. The smallest absolute Gasteiger partial charge is 0.189 e. The fourth-order valence-electron chi connectivity index (χ4n) is 1.73. The summed E-state index contributed by atoms with van der Waals surface area (Å²) in [6, 6.07) is 7.90. The van der Waals surface area contributed by atoms with Gasteiger partial charge in [-0.05, 0) is 38.5 Å². The Bertz CT molecular complexity index is 459. The molecular formula is C16H28IN3O2. The number of aliphatic imine (C=N–C) groups is 1. The van der Waals surface area contributed by atoms with Crippen LogP contribution >= 0.6 is 24.0 Å². The normalized spacial score (nSPS) is 11.7. The van der Waals surface area contributed by atoms with Gasteiger partial charge < -0.3 is 20.5 Å². The molecule has 0 aliphatic rings. The number of hydrogen-bond donors (Lipinski definition) is 2. The summed E-state index contributed by atoms with van der Waals surface area (Å²) >= 11 is 0. The first kappa shape index (κ1) is 21.0. The number of methoxy groups -OCH3 is 1. The van der Waals surface area contributed by atoms with Gasteiger partial charge in [-0.25, -0.2) is 4.99 Å². The van der Waals surface area contributed by atoms with Crippen LogP contribution in [0.5, 0.6) is 5.75 Å². The molecule has 0 saturated carbocycles. The Labute approximate surface area is 150 Å². The second-order valence-corrected chi connectivity index (χ2v) is 5.92. The van der Waals surface area contributed by atoms with Crippen LogP contribution in [-0.4, -0.2) is 31.8 Å². The quantitative estimate of drug-likeness (QED) is 0.308. The van der Waals surface area contributed by atoms with E-state index in [-0.39, 0.29) is 29.5 Å². The van der Waals surface area contributed by atoms with Crippen molar-refractivity contribution in [3.63, 3.8) is 0 Å². The van der Waals surface area contributed by atoms with Gasteiger partial charge in [-0.1, -0.05) is 12.1 Å². The van der Waals surface area contributed by atoms with Crippen LogP contribution in [0.1, 0.15) is 32.8 Å². The lowest BCUT2D eigenvalue weighted by atomic mass is 10.1. The van der Waals surface area contributed by atoms with E-state index in [2.05, 4.69) is 10.3 Å². The molecule has 22 heavy (non-hydrogen) atoms. The summed E-state index contributed by atoms with van der Waals surface area (Å²) in [7, 11) is 1.69. The van der Waals surface area contributed by atoms with Gasteiger partial charge in [0.15, 0.2) is 5.96 Å². The Morgan fingerprint density at radius 2 is 2.00 bits per heavy atom. The van der Waals surface area contributed by atoms with Crippen molar-refractivity contribution in [3.05, 3.63) is 29.8 Å². The lowest BCUT2D eigenvalue weighted by Crippen LogP contribution is -2.44. The molecule has 0 fully saturated rings. The van der Waals surface area contributed by atoms with Crippen molar-refractivity contribution in [2.45, 2.75) is 39.3 Å². The molecule has 6 heteroatoms. The zero-order chi connectivity index (χ0) is 15.7. The lowest BCUT2D eigenvalue weighted by molar-refractivity contribution is 0.172. The van der Waals surface area contributed by atoms with Gasteiger partial charge in [-0.3, -0.25) is 0 Å². The van der Waals surface area contributed by atoms with E-state index < -0.39 is 0 Å². The van der Waals surface area contributed by atoms with Crippen molar-refractivity contribution in [1.29, 1.82) is 0 Å². The minimum Gasteiger partial charge on any atom is -0.493 e. The van der Waals surface area contributed by atoms with Crippen molar-refractivity contribution in [1.82, 2.24) is 5.32 Å². The van der Waals surface area contributed by atoms with Crippen molar-refractivity contribution in [2.24, 2.45) is 10.7 Å². The van der Waals surface area contributed by atoms with Crippen LogP contribution in [0, 0.1) is 0 Å². The molecule has 0 bridgehead atoms. The van der Waals surface area contributed by atoms with Crippen LogP contribution < -0.4 is 15.8 Å². The number of nitrogens with one attached hydrogen (secondary N) is 1. The molecule has 0 aromatic heterocycles. The molecule has 5 nitrogen and oxygen atoms in total. The first-order valence-electron chi connectivity index (χ1n) is 7.19. The maximum Gasteiger partial charge on any atom is 0.189 e. The van der Waals surface area contributed by atoms with E-state index in [1.54, 1.807) is 7.11 Å². The maximum atomic E-state index is 5.85. The minimum atomic E-state index is -0.0834. The molecule has 0 saturated heterocycles. The van der Waals surface area contributed by atoms with E-state index in [0.717, 1.165) is 17.7 Å². The number of rotatable bonds is 7. The van der Waals surface area contributed by atoms with Crippen LogP contribution in [0.4, 0.5) is 0 Å². The van der Waals surface area contributed by atoms with E-state index in [0.29, 0.717) is 25.7 Å². The Morgan fingerprint density at radius 3 is 2.64 bits per heavy atom. The molecule has 0 heterocycles. The van der Waals surface area contributed by atoms with Gasteiger partial charge in [0, 0.05) is 25.7 Å². The number of hydrogen-bond acceptors (Lipinski definition) is 3. The van der Waals surface area contributed by atoms with Gasteiger partial charge in [-0.15, -0.1) is 24.0 Å². The zero-order valence-electron chi connectivity index (χ0n) is 13.9. The summed E-state index contributed by atoms with van der Waals surface area (Å²) in [5, 5.41) is 3.13. The number of nitrogens with zero attached hydrogens (tertiary/aromatic N) is 1. The van der Waals surface area contributed by atoms with E-state index in [4.69, 9.17) is 15.2 Å². The number of guanidine groups is 1. The molecule has 0 amide bonds. The summed E-state index contributed by atoms with van der Waals surface area (Å²) in [6.07, 6.45) is 0.876. The summed E-state index contributed by atoms with van der Waals surface area (Å²) < 4.78 is 10.7. The SMILES string of the molecule is COCCCOc1cccc(CN=C(N)NC(C)(C)C)c1.I. The second kappa shape index (κ2) is 10.7. The van der Waals surface area contributed by atoms with E-state index >= 15 is 0 Å². The fourth-order valence-corrected chi connectivity index (χ4v) is 1.73. The summed E-state index contributed by atoms with van der Waals surface area (Å²) in [5.41, 5.74) is 6.84. The Hall–Kier alpha value is -1.02. The second-order valence-electron chi connectivity index (χ2n) is 5.92. The number of ether oxygens (including phenoxy) is 2. The highest BCUT2D eigenvalue weighted by atomic mass is 127. The summed E-state index contributed by atoms with van der Waals surface area (Å²) in [4.78, 5) is 4.34. The topological polar surface area (TPSA) is 68.9 Å². The maximum absolute atomic E-state index is 5.85. The van der Waals surface area contributed by atoms with Crippen molar-refractivity contribution >= 4 is 29.9 Å². The fraction of sp³-hybridized carbons (Fsp3) is 0.562. The van der Waals surface area contributed by atoms with Gasteiger partial charge in [0.1, 0.15) is 5.75 Å². The van der Waals surface area contributed by atoms with E-state index in [9.17, 15) is 0 Å². The summed E-state index contributed by atoms with van der Waals surface area (Å²) in [5.74, 6) is 1.30. The molecule has 0 unspecified atom stereocenters. The molecule has 0 spiro atoms. The number of nitrogens with two attached hydrogens (primary N) is 1. The molecule has 0 aliphatic carbocycles. The Morgan fingerprint density at radius 1 is 1.27 bits per heavy atom. The Kier molecular flexibility index (Phi) is 10.2. The molecule has 0 aliphatic heterocycles. The average Bonchev–Trinajstić information content (AvgIpc) is 2.40. The van der Waals surface area contributed by atoms with Gasteiger partial charge >= 0.3 is 0 Å². The minimum absolute atomic E-state index is 0. The number of halogens is 1. The predicted octanol–water partition coefficient (Wildman–Crippen LogP) is 2.92. The van der Waals surface area contributed by atoms with E-state index in [1.807, 2.05) is 45.0 Å². The summed E-state index contributed by atoms with van der Waals surface area (Å²) in [6.45, 7) is 8.02. The first-order valence-corrected chi connectivity index (χ1v) is 7.19. The van der Waals surface area contributed by atoms with Crippen LogP contribution in [0.15, 0.2) is 29.3 Å². The van der Waals surface area contributed by atoms with Gasteiger partial charge in [-0.2, -0.15) is 0 Å². The Balaban J connectivity index is 0.00000441. The van der Waals surface area contributed by atoms with Gasteiger partial charge in [0.2, 0.25) is 0 Å². The predicted molar refractivity (Wildman–Crippen MR) is 102 cm³/mol. The molecule has 1 rings (SSSR count). The van der Waals surface area contributed by atoms with Crippen LogP contribution in [-0.2, 0) is 11.3 Å². The molecule has 0 atom stereocenters. The highest BCUT2D eigenvalue weighted by molar-refractivity contribution is 14.0. The van der Waals surface area contributed by atoms with Crippen molar-refractivity contribution in [2.75, 3.05) is 20.3 Å². The molecule has 1 aromatic carbocycles. The average molecular weight is 421 g/mol. The van der Waals surface area contributed by atoms with Gasteiger partial charge in [0.25, 0.3) is 0 Å². The van der Waals surface area contributed by atoms with Crippen molar-refractivity contribution < 1.29 is 9.47 Å². The third kappa shape index (κ3) is 9.83. The van der Waals surface area contributed by atoms with Gasteiger partial charge in [0.05, 0.1) is 13.2 Å². The molecule has 3 N–H and O–H groups in total. The monoisotopic (exact) mass is 421 g/mol. The lowest BCUT2D eigenvalue weighted by Gasteiger charge is -2.21. The molecule has 126 valence electrons. The zero-order valence-corrected chi connectivity index (χ0v) is 16.2. The van der Waals surface area contributed by atoms with Crippen LogP contribution in [0.25, 0.3) is 0 Å². The first-order chi connectivity index (χ1) is 9.90. The van der Waals surface area contributed by atoms with Crippen LogP contribution in [0.2, 0.25) is 0 Å². The molecule has 1 aromatic rings. The molecular weight excluding hydrogens is 393 g/mol. The van der Waals surface area contributed by atoms with Crippen LogP contribution in [0.3, 0.4) is 0 Å². The van der Waals surface area contributed by atoms with E-state index in [1.165, 1.54) is 0 Å². The largest absolute Gasteiger partial charge is 0.493 e.